The van der Waals surface area contributed by atoms with Gasteiger partial charge in [0.25, 0.3) is 0 Å². The Hall–Kier alpha value is -0.810. The smallest absolute Gasteiger partial charge is 0.182 e. The van der Waals surface area contributed by atoms with Crippen LogP contribution in [-0.2, 0) is 0 Å². The lowest BCUT2D eigenvalue weighted by atomic mass is 10.2. The number of imidazole rings is 1. The van der Waals surface area contributed by atoms with E-state index in [1.165, 1.54) is 0 Å². The second-order valence-corrected chi connectivity index (χ2v) is 6.60. The Morgan fingerprint density at radius 2 is 1.85 bits per heavy atom. The standard InChI is InChI=1S/C14H9BrCl2N2S/c1-7-4-8(15)2-3-12(7)19-13-6-10(17)9(16)5-11(13)18-14(19)20/h2-6H,1H3,(H,18,20). The average molecular weight is 388 g/mol. The number of benzene rings is 2. The molecule has 0 atom stereocenters. The molecule has 102 valence electrons. The van der Waals surface area contributed by atoms with Crippen LogP contribution >= 0.6 is 51.3 Å². The van der Waals surface area contributed by atoms with Crippen LogP contribution in [0, 0.1) is 11.7 Å². The molecule has 0 aliphatic carbocycles. The minimum atomic E-state index is 0.509. The number of aromatic amines is 1. The summed E-state index contributed by atoms with van der Waals surface area (Å²) in [7, 11) is 0. The van der Waals surface area contributed by atoms with Crippen LogP contribution in [0.1, 0.15) is 5.56 Å². The molecule has 2 aromatic carbocycles. The Morgan fingerprint density at radius 1 is 1.15 bits per heavy atom. The van der Waals surface area contributed by atoms with Gasteiger partial charge in [-0.1, -0.05) is 39.1 Å². The van der Waals surface area contributed by atoms with Gasteiger partial charge < -0.3 is 4.98 Å². The SMILES string of the molecule is Cc1cc(Br)ccc1-n1c(=S)[nH]c2cc(Cl)c(Cl)cc21. The molecule has 0 radical (unpaired) electrons. The third-order valence-electron chi connectivity index (χ3n) is 3.12. The number of nitrogens with one attached hydrogen (secondary N) is 1. The Labute approximate surface area is 139 Å². The van der Waals surface area contributed by atoms with Crippen molar-refractivity contribution in [2.45, 2.75) is 6.92 Å². The Bertz CT molecular complexity index is 883. The Balaban J connectivity index is 2.39. The van der Waals surface area contributed by atoms with Gasteiger partial charge in [-0.25, -0.2) is 0 Å². The number of hydrogen-bond acceptors (Lipinski definition) is 1. The number of nitrogens with zero attached hydrogens (tertiary/aromatic N) is 1. The van der Waals surface area contributed by atoms with Gasteiger partial charge in [0.2, 0.25) is 0 Å². The fourth-order valence-electron chi connectivity index (χ4n) is 2.21. The Morgan fingerprint density at radius 3 is 2.55 bits per heavy atom. The van der Waals surface area contributed by atoms with E-state index in [-0.39, 0.29) is 0 Å². The molecule has 3 rings (SSSR count). The van der Waals surface area contributed by atoms with Crippen molar-refractivity contribution in [1.29, 1.82) is 0 Å². The maximum absolute atomic E-state index is 6.12. The zero-order valence-corrected chi connectivity index (χ0v) is 14.3. The van der Waals surface area contributed by atoms with Gasteiger partial charge in [-0.3, -0.25) is 4.57 Å². The molecule has 0 saturated heterocycles. The number of aryl methyl sites for hydroxylation is 1. The van der Waals surface area contributed by atoms with Crippen molar-refractivity contribution in [3.63, 3.8) is 0 Å². The second kappa shape index (κ2) is 5.19. The fraction of sp³-hybridized carbons (Fsp3) is 0.0714. The van der Waals surface area contributed by atoms with Crippen LogP contribution in [0.25, 0.3) is 16.7 Å². The Kier molecular flexibility index (Phi) is 3.67. The molecular weight excluding hydrogens is 379 g/mol. The molecule has 0 amide bonds. The normalized spacial score (nSPS) is 11.2. The second-order valence-electron chi connectivity index (χ2n) is 4.48. The molecule has 0 saturated carbocycles. The molecule has 1 heterocycles. The van der Waals surface area contributed by atoms with Crippen LogP contribution in [0.2, 0.25) is 10.0 Å². The largest absolute Gasteiger partial charge is 0.330 e. The van der Waals surface area contributed by atoms with Gasteiger partial charge in [0.15, 0.2) is 4.77 Å². The lowest BCUT2D eigenvalue weighted by Gasteiger charge is -2.09. The number of aromatic nitrogens is 2. The minimum Gasteiger partial charge on any atom is -0.330 e. The monoisotopic (exact) mass is 386 g/mol. The highest BCUT2D eigenvalue weighted by Crippen LogP contribution is 2.30. The first kappa shape index (κ1) is 14.1. The number of fused-ring (bicyclic) bond motifs is 1. The fourth-order valence-corrected chi connectivity index (χ4v) is 3.31. The molecule has 2 nitrogen and oxygen atoms in total. The summed E-state index contributed by atoms with van der Waals surface area (Å²) in [6, 6.07) is 9.67. The summed E-state index contributed by atoms with van der Waals surface area (Å²) in [4.78, 5) is 3.16. The summed E-state index contributed by atoms with van der Waals surface area (Å²) in [5, 5.41) is 1.02. The van der Waals surface area contributed by atoms with E-state index >= 15 is 0 Å². The van der Waals surface area contributed by atoms with Crippen molar-refractivity contribution >= 4 is 62.4 Å². The first-order valence-corrected chi connectivity index (χ1v) is 7.79. The van der Waals surface area contributed by atoms with Crippen LogP contribution in [-0.4, -0.2) is 9.55 Å². The van der Waals surface area contributed by atoms with E-state index in [1.54, 1.807) is 6.07 Å². The highest BCUT2D eigenvalue weighted by molar-refractivity contribution is 9.10. The van der Waals surface area contributed by atoms with Crippen molar-refractivity contribution in [2.75, 3.05) is 0 Å². The van der Waals surface area contributed by atoms with Crippen LogP contribution in [0.3, 0.4) is 0 Å². The summed E-state index contributed by atoms with van der Waals surface area (Å²) in [6.07, 6.45) is 0. The van der Waals surface area contributed by atoms with Gasteiger partial charge in [-0.15, -0.1) is 0 Å². The third kappa shape index (κ3) is 2.31. The number of hydrogen-bond donors (Lipinski definition) is 1. The molecule has 0 fully saturated rings. The molecule has 0 bridgehead atoms. The highest BCUT2D eigenvalue weighted by atomic mass is 79.9. The molecule has 1 aromatic heterocycles. The maximum Gasteiger partial charge on any atom is 0.182 e. The molecule has 0 aliphatic rings. The third-order valence-corrected chi connectivity index (χ3v) is 4.62. The summed E-state index contributed by atoms with van der Waals surface area (Å²) in [5.74, 6) is 0. The first-order valence-electron chi connectivity index (χ1n) is 5.83. The van der Waals surface area contributed by atoms with Gasteiger partial charge in [0, 0.05) is 4.47 Å². The number of halogens is 3. The molecule has 1 N–H and O–H groups in total. The minimum absolute atomic E-state index is 0.509. The maximum atomic E-state index is 6.12. The molecule has 0 spiro atoms. The topological polar surface area (TPSA) is 20.7 Å². The quantitative estimate of drug-likeness (QED) is 0.502. The lowest BCUT2D eigenvalue weighted by molar-refractivity contribution is 1.05. The van der Waals surface area contributed by atoms with Crippen molar-refractivity contribution in [3.05, 3.63) is 55.2 Å². The predicted molar refractivity (Wildman–Crippen MR) is 90.9 cm³/mol. The van der Waals surface area contributed by atoms with Gasteiger partial charge in [-0.05, 0) is 55.0 Å². The van der Waals surface area contributed by atoms with E-state index in [9.17, 15) is 0 Å². The molecular formula is C14H9BrCl2N2S. The molecule has 0 aliphatic heterocycles. The van der Waals surface area contributed by atoms with E-state index in [1.807, 2.05) is 35.8 Å². The van der Waals surface area contributed by atoms with Crippen LogP contribution in [0.4, 0.5) is 0 Å². The van der Waals surface area contributed by atoms with Crippen LogP contribution in [0.5, 0.6) is 0 Å². The van der Waals surface area contributed by atoms with Crippen LogP contribution in [0.15, 0.2) is 34.8 Å². The summed E-state index contributed by atoms with van der Waals surface area (Å²) in [5.41, 5.74) is 3.91. The van der Waals surface area contributed by atoms with Gasteiger partial charge in [-0.2, -0.15) is 0 Å². The molecule has 20 heavy (non-hydrogen) atoms. The summed E-state index contributed by atoms with van der Waals surface area (Å²) < 4.78 is 3.62. The van der Waals surface area contributed by atoms with E-state index in [2.05, 4.69) is 20.9 Å². The number of rotatable bonds is 1. The zero-order valence-electron chi connectivity index (χ0n) is 10.4. The highest BCUT2D eigenvalue weighted by Gasteiger charge is 2.11. The predicted octanol–water partition coefficient (Wildman–Crippen LogP) is 6.07. The zero-order chi connectivity index (χ0) is 14.4. The van der Waals surface area contributed by atoms with Crippen LogP contribution < -0.4 is 0 Å². The van der Waals surface area contributed by atoms with Gasteiger partial charge in [0.05, 0.1) is 26.8 Å². The molecule has 6 heteroatoms. The van der Waals surface area contributed by atoms with E-state index < -0.39 is 0 Å². The van der Waals surface area contributed by atoms with Crippen molar-refractivity contribution in [2.24, 2.45) is 0 Å². The number of H-pyrrole nitrogens is 1. The van der Waals surface area contributed by atoms with Gasteiger partial charge >= 0.3 is 0 Å². The van der Waals surface area contributed by atoms with E-state index in [4.69, 9.17) is 35.4 Å². The first-order chi connectivity index (χ1) is 9.47. The lowest BCUT2D eigenvalue weighted by Crippen LogP contribution is -1.97. The van der Waals surface area contributed by atoms with Crippen molar-refractivity contribution in [3.8, 4) is 5.69 Å². The van der Waals surface area contributed by atoms with Gasteiger partial charge in [0.1, 0.15) is 0 Å². The summed E-state index contributed by atoms with van der Waals surface area (Å²) in [6.45, 7) is 2.04. The van der Waals surface area contributed by atoms with E-state index in [0.29, 0.717) is 14.8 Å². The molecule has 3 aromatic rings. The van der Waals surface area contributed by atoms with E-state index in [0.717, 1.165) is 26.8 Å². The molecule has 0 unspecified atom stereocenters. The van der Waals surface area contributed by atoms with Crippen molar-refractivity contribution < 1.29 is 0 Å². The summed E-state index contributed by atoms with van der Waals surface area (Å²) >= 11 is 21.1. The average Bonchev–Trinajstić information content (AvgIpc) is 2.66. The van der Waals surface area contributed by atoms with Crippen molar-refractivity contribution in [1.82, 2.24) is 9.55 Å².